The number of hydrogen-bond donors (Lipinski definition) is 2. The Kier molecular flexibility index (Phi) is 6.27. The summed E-state index contributed by atoms with van der Waals surface area (Å²) < 4.78 is 0. The molecule has 1 saturated heterocycles. The lowest BCUT2D eigenvalue weighted by Gasteiger charge is -2.36. The van der Waals surface area contributed by atoms with E-state index in [9.17, 15) is 14.7 Å². The number of carboxylic acids is 1. The minimum absolute atomic E-state index is 0.164. The van der Waals surface area contributed by atoms with Gasteiger partial charge in [-0.2, -0.15) is 0 Å². The molecule has 0 spiro atoms. The number of carboxylic acid groups (broad SMARTS) is 1. The number of hydrogen-bond acceptors (Lipinski definition) is 5. The van der Waals surface area contributed by atoms with E-state index in [2.05, 4.69) is 15.3 Å². The van der Waals surface area contributed by atoms with E-state index >= 15 is 0 Å². The maximum Gasteiger partial charge on any atom is 0.324 e. The van der Waals surface area contributed by atoms with Crippen molar-refractivity contribution in [2.75, 3.05) is 7.05 Å². The highest BCUT2D eigenvalue weighted by Crippen LogP contribution is 2.48. The van der Waals surface area contributed by atoms with E-state index in [-0.39, 0.29) is 24.3 Å². The standard InChI is InChI=1S/C22H28N4O3/c1-15(2)11-22(21(28)29)12-18(19(26(22)3)16-7-6-9-23-13-16)20(27)25-14-17-8-4-5-10-24-17/h4-10,13,15,18-19H,11-12,14H2,1-3H3,(H,25,27)(H,28,29)/t18-,19-,22-/m1/s1. The summed E-state index contributed by atoms with van der Waals surface area (Å²) in [5.41, 5.74) is 0.512. The first-order valence-electron chi connectivity index (χ1n) is 9.89. The monoisotopic (exact) mass is 396 g/mol. The molecular formula is C22H28N4O3. The first kappa shape index (κ1) is 20.9. The number of rotatable bonds is 7. The molecule has 3 heterocycles. The maximum atomic E-state index is 13.2. The van der Waals surface area contributed by atoms with E-state index in [1.165, 1.54) is 0 Å². The molecule has 29 heavy (non-hydrogen) atoms. The fourth-order valence-electron chi connectivity index (χ4n) is 4.44. The van der Waals surface area contributed by atoms with Gasteiger partial charge in [-0.1, -0.05) is 26.0 Å². The molecule has 2 aromatic rings. The second kappa shape index (κ2) is 8.69. The van der Waals surface area contributed by atoms with Crippen LogP contribution in [0.3, 0.4) is 0 Å². The Bertz CT molecular complexity index is 844. The van der Waals surface area contributed by atoms with Crippen molar-refractivity contribution in [1.29, 1.82) is 0 Å². The lowest BCUT2D eigenvalue weighted by Crippen LogP contribution is -2.50. The quantitative estimate of drug-likeness (QED) is 0.747. The van der Waals surface area contributed by atoms with Crippen LogP contribution < -0.4 is 5.32 Å². The molecule has 0 bridgehead atoms. The zero-order valence-corrected chi connectivity index (χ0v) is 17.1. The maximum absolute atomic E-state index is 13.2. The minimum atomic E-state index is -1.10. The molecule has 3 rings (SSSR count). The molecule has 1 aliphatic heterocycles. The van der Waals surface area contributed by atoms with Crippen LogP contribution in [0, 0.1) is 11.8 Å². The van der Waals surface area contributed by atoms with E-state index in [1.54, 1.807) is 25.6 Å². The van der Waals surface area contributed by atoms with Crippen LogP contribution in [0.2, 0.25) is 0 Å². The van der Waals surface area contributed by atoms with Crippen LogP contribution in [0.25, 0.3) is 0 Å². The molecule has 3 atom stereocenters. The van der Waals surface area contributed by atoms with Crippen molar-refractivity contribution in [2.24, 2.45) is 11.8 Å². The normalized spacial score (nSPS) is 24.6. The van der Waals surface area contributed by atoms with Gasteiger partial charge in [0, 0.05) is 24.6 Å². The van der Waals surface area contributed by atoms with E-state index in [0.29, 0.717) is 13.0 Å². The van der Waals surface area contributed by atoms with Gasteiger partial charge in [0.1, 0.15) is 5.54 Å². The van der Waals surface area contributed by atoms with Crippen molar-refractivity contribution in [3.8, 4) is 0 Å². The summed E-state index contributed by atoms with van der Waals surface area (Å²) in [7, 11) is 1.81. The third kappa shape index (κ3) is 4.29. The lowest BCUT2D eigenvalue weighted by atomic mass is 9.83. The van der Waals surface area contributed by atoms with Gasteiger partial charge in [-0.3, -0.25) is 24.5 Å². The van der Waals surface area contributed by atoms with Crippen LogP contribution in [0.5, 0.6) is 0 Å². The molecule has 2 aromatic heterocycles. The number of nitrogens with one attached hydrogen (secondary N) is 1. The Morgan fingerprint density at radius 2 is 2.07 bits per heavy atom. The topological polar surface area (TPSA) is 95.4 Å². The molecule has 0 saturated carbocycles. The number of amides is 1. The summed E-state index contributed by atoms with van der Waals surface area (Å²) in [5.74, 6) is -1.37. The second-order valence-corrected chi connectivity index (χ2v) is 8.13. The van der Waals surface area contributed by atoms with Crippen molar-refractivity contribution in [2.45, 2.75) is 44.8 Å². The molecule has 1 amide bonds. The van der Waals surface area contributed by atoms with Gasteiger partial charge in [0.05, 0.1) is 18.2 Å². The van der Waals surface area contributed by atoms with Gasteiger partial charge in [-0.15, -0.1) is 0 Å². The summed E-state index contributed by atoms with van der Waals surface area (Å²) in [6.45, 7) is 4.32. The Balaban J connectivity index is 1.91. The Hall–Kier alpha value is -2.80. The predicted octanol–water partition coefficient (Wildman–Crippen LogP) is 2.66. The molecule has 0 radical (unpaired) electrons. The molecule has 0 aliphatic carbocycles. The summed E-state index contributed by atoms with van der Waals surface area (Å²) in [6, 6.07) is 8.90. The number of aromatic nitrogens is 2. The van der Waals surface area contributed by atoms with Gasteiger partial charge >= 0.3 is 5.97 Å². The van der Waals surface area contributed by atoms with Crippen LogP contribution in [0.4, 0.5) is 0 Å². The SMILES string of the molecule is CC(C)C[C@]1(C(=O)O)C[C@@H](C(=O)NCc2ccccn2)[C@@H](c2cccnc2)N1C. The molecule has 154 valence electrons. The fourth-order valence-corrected chi connectivity index (χ4v) is 4.44. The number of likely N-dealkylation sites (tertiary alicyclic amines) is 1. The highest BCUT2D eigenvalue weighted by Gasteiger charge is 2.57. The molecule has 1 aliphatic rings. The van der Waals surface area contributed by atoms with Gasteiger partial charge in [0.2, 0.25) is 5.91 Å². The Morgan fingerprint density at radius 3 is 2.66 bits per heavy atom. The van der Waals surface area contributed by atoms with Gasteiger partial charge in [-0.25, -0.2) is 0 Å². The lowest BCUT2D eigenvalue weighted by molar-refractivity contribution is -0.151. The summed E-state index contributed by atoms with van der Waals surface area (Å²) in [6.07, 6.45) is 5.80. The van der Waals surface area contributed by atoms with Crippen molar-refractivity contribution in [3.63, 3.8) is 0 Å². The number of carbonyl (C=O) groups excluding carboxylic acids is 1. The molecule has 7 nitrogen and oxygen atoms in total. The fraction of sp³-hybridized carbons (Fsp3) is 0.455. The molecule has 2 N–H and O–H groups in total. The molecule has 0 unspecified atom stereocenters. The van der Waals surface area contributed by atoms with Gasteiger partial charge < -0.3 is 10.4 Å². The summed E-state index contributed by atoms with van der Waals surface area (Å²) >= 11 is 0. The van der Waals surface area contributed by atoms with Gasteiger partial charge in [0.25, 0.3) is 0 Å². The zero-order valence-electron chi connectivity index (χ0n) is 17.1. The van der Waals surface area contributed by atoms with Gasteiger partial charge in [-0.05, 0) is 49.6 Å². The van der Waals surface area contributed by atoms with Crippen molar-refractivity contribution in [3.05, 3.63) is 60.2 Å². The molecule has 1 fully saturated rings. The number of carbonyl (C=O) groups is 2. The van der Waals surface area contributed by atoms with E-state index in [4.69, 9.17) is 0 Å². The molecule has 0 aromatic carbocycles. The number of aliphatic carboxylic acids is 1. The molecular weight excluding hydrogens is 368 g/mol. The smallest absolute Gasteiger partial charge is 0.324 e. The van der Waals surface area contributed by atoms with Crippen molar-refractivity contribution < 1.29 is 14.7 Å². The molecule has 7 heteroatoms. The predicted molar refractivity (Wildman–Crippen MR) is 109 cm³/mol. The second-order valence-electron chi connectivity index (χ2n) is 8.13. The van der Waals surface area contributed by atoms with Crippen molar-refractivity contribution >= 4 is 11.9 Å². The van der Waals surface area contributed by atoms with Crippen LogP contribution in [0.15, 0.2) is 48.9 Å². The highest BCUT2D eigenvalue weighted by molar-refractivity contribution is 5.85. The average molecular weight is 396 g/mol. The zero-order chi connectivity index (χ0) is 21.0. The Labute approximate surface area is 171 Å². The summed E-state index contributed by atoms with van der Waals surface area (Å²) in [4.78, 5) is 35.8. The number of likely N-dealkylation sites (N-methyl/N-ethyl adjacent to an activating group) is 1. The third-order valence-corrected chi connectivity index (χ3v) is 5.71. The first-order chi connectivity index (χ1) is 13.8. The highest BCUT2D eigenvalue weighted by atomic mass is 16.4. The number of pyridine rings is 2. The minimum Gasteiger partial charge on any atom is -0.480 e. The largest absolute Gasteiger partial charge is 0.480 e. The van der Waals surface area contributed by atoms with E-state index < -0.39 is 17.4 Å². The van der Waals surface area contributed by atoms with Gasteiger partial charge in [0.15, 0.2) is 0 Å². The third-order valence-electron chi connectivity index (χ3n) is 5.71. The van der Waals surface area contributed by atoms with Crippen LogP contribution in [0.1, 0.15) is 44.0 Å². The first-order valence-corrected chi connectivity index (χ1v) is 9.89. The van der Waals surface area contributed by atoms with E-state index in [1.807, 2.05) is 49.1 Å². The number of nitrogens with zero attached hydrogens (tertiary/aromatic N) is 3. The Morgan fingerprint density at radius 1 is 1.28 bits per heavy atom. The average Bonchev–Trinajstić information content (AvgIpc) is 3.00. The van der Waals surface area contributed by atoms with Crippen molar-refractivity contribution in [1.82, 2.24) is 20.2 Å². The van der Waals surface area contributed by atoms with Crippen LogP contribution in [-0.4, -0.2) is 44.4 Å². The summed E-state index contributed by atoms with van der Waals surface area (Å²) in [5, 5.41) is 13.1. The van der Waals surface area contributed by atoms with Crippen LogP contribution in [-0.2, 0) is 16.1 Å². The van der Waals surface area contributed by atoms with Crippen LogP contribution >= 0.6 is 0 Å². The van der Waals surface area contributed by atoms with E-state index in [0.717, 1.165) is 11.3 Å².